The Morgan fingerprint density at radius 2 is 2.17 bits per heavy atom. The Morgan fingerprint density at radius 3 is 2.71 bits per heavy atom. The Morgan fingerprint density at radius 1 is 1.46 bits per heavy atom. The maximum atomic E-state index is 12.4. The van der Waals surface area contributed by atoms with Gasteiger partial charge in [0.25, 0.3) is 5.69 Å². The summed E-state index contributed by atoms with van der Waals surface area (Å²) in [6, 6.07) is 4.64. The maximum absolute atomic E-state index is 12.4. The van der Waals surface area contributed by atoms with E-state index in [9.17, 15) is 14.9 Å². The Balaban J connectivity index is 2.28. The molecule has 1 atom stereocenters. The number of hydrogen-bond acceptors (Lipinski definition) is 6. The summed E-state index contributed by atoms with van der Waals surface area (Å²) in [7, 11) is 5.58. The number of nitrogens with one attached hydrogen (secondary N) is 1. The highest BCUT2D eigenvalue weighted by molar-refractivity contribution is 6.07. The summed E-state index contributed by atoms with van der Waals surface area (Å²) >= 11 is 0. The molecule has 0 amide bonds. The molecule has 8 nitrogen and oxygen atoms in total. The third-order valence-electron chi connectivity index (χ3n) is 3.95. The van der Waals surface area contributed by atoms with E-state index in [0.717, 1.165) is 0 Å². The number of benzene rings is 1. The number of aryl methyl sites for hydroxylation is 1. The van der Waals surface area contributed by atoms with Crippen molar-refractivity contribution in [3.8, 4) is 0 Å². The van der Waals surface area contributed by atoms with Crippen molar-refractivity contribution >= 4 is 17.2 Å². The standard InChI is InChI=1S/C16H21N5O3/c1-11(19(2)3)10-18-13-6-5-12(9-14(13)21(23)24)15(22)16-17-7-8-20(16)4/h5-9,11,18H,10H2,1-4H3. The molecular weight excluding hydrogens is 310 g/mol. The smallest absolute Gasteiger partial charge is 0.293 e. The zero-order chi connectivity index (χ0) is 17.9. The number of likely N-dealkylation sites (N-methyl/N-ethyl adjacent to an activating group) is 1. The molecule has 0 aliphatic carbocycles. The van der Waals surface area contributed by atoms with Gasteiger partial charge in [0.2, 0.25) is 5.78 Å². The fraction of sp³-hybridized carbons (Fsp3) is 0.375. The van der Waals surface area contributed by atoms with E-state index in [1.807, 2.05) is 25.9 Å². The Bertz CT molecular complexity index is 754. The lowest BCUT2D eigenvalue weighted by molar-refractivity contribution is -0.384. The van der Waals surface area contributed by atoms with Crippen LogP contribution in [0.25, 0.3) is 0 Å². The number of imidazole rings is 1. The van der Waals surface area contributed by atoms with E-state index in [1.165, 1.54) is 12.3 Å². The molecule has 1 heterocycles. The van der Waals surface area contributed by atoms with Crippen LogP contribution in [0.1, 0.15) is 23.1 Å². The normalized spacial score (nSPS) is 12.2. The number of nitro groups is 1. The van der Waals surface area contributed by atoms with Crippen molar-refractivity contribution in [2.45, 2.75) is 13.0 Å². The second-order valence-corrected chi connectivity index (χ2v) is 5.87. The van der Waals surface area contributed by atoms with Gasteiger partial charge in [-0.25, -0.2) is 4.98 Å². The van der Waals surface area contributed by atoms with Crippen LogP contribution in [0.2, 0.25) is 0 Å². The van der Waals surface area contributed by atoms with E-state index in [-0.39, 0.29) is 28.9 Å². The van der Waals surface area contributed by atoms with Crippen LogP contribution in [-0.2, 0) is 7.05 Å². The Hall–Kier alpha value is -2.74. The van der Waals surface area contributed by atoms with E-state index in [4.69, 9.17) is 0 Å². The molecule has 1 aromatic carbocycles. The van der Waals surface area contributed by atoms with Crippen LogP contribution in [0.3, 0.4) is 0 Å². The van der Waals surface area contributed by atoms with Gasteiger partial charge in [0, 0.05) is 43.7 Å². The minimum atomic E-state index is -0.488. The zero-order valence-corrected chi connectivity index (χ0v) is 14.2. The quantitative estimate of drug-likeness (QED) is 0.473. The number of carbonyl (C=O) groups is 1. The van der Waals surface area contributed by atoms with E-state index in [0.29, 0.717) is 12.2 Å². The minimum Gasteiger partial charge on any atom is -0.378 e. The first-order valence-electron chi connectivity index (χ1n) is 7.52. The summed E-state index contributed by atoms with van der Waals surface area (Å²) in [4.78, 5) is 29.3. The van der Waals surface area contributed by atoms with Crippen LogP contribution >= 0.6 is 0 Å². The molecule has 0 saturated carbocycles. The van der Waals surface area contributed by atoms with Crippen LogP contribution < -0.4 is 5.32 Å². The summed E-state index contributed by atoms with van der Waals surface area (Å²) in [5.74, 6) is -0.106. The number of rotatable bonds is 7. The molecule has 2 rings (SSSR count). The first kappa shape index (κ1) is 17.6. The molecule has 8 heteroatoms. The molecule has 1 unspecified atom stereocenters. The molecule has 0 aliphatic rings. The van der Waals surface area contributed by atoms with Crippen molar-refractivity contribution < 1.29 is 9.72 Å². The lowest BCUT2D eigenvalue weighted by atomic mass is 10.1. The van der Waals surface area contributed by atoms with E-state index in [1.54, 1.807) is 29.9 Å². The van der Waals surface area contributed by atoms with E-state index in [2.05, 4.69) is 10.3 Å². The van der Waals surface area contributed by atoms with E-state index < -0.39 is 4.92 Å². The lowest BCUT2D eigenvalue weighted by Crippen LogP contribution is -2.31. The van der Waals surface area contributed by atoms with E-state index >= 15 is 0 Å². The number of nitro benzene ring substituents is 1. The van der Waals surface area contributed by atoms with Gasteiger partial charge in [-0.3, -0.25) is 14.9 Å². The summed E-state index contributed by atoms with van der Waals surface area (Å²) in [5, 5.41) is 14.4. The van der Waals surface area contributed by atoms with Crippen molar-refractivity contribution in [2.24, 2.45) is 7.05 Å². The van der Waals surface area contributed by atoms with Crippen LogP contribution in [0.4, 0.5) is 11.4 Å². The van der Waals surface area contributed by atoms with Gasteiger partial charge in [0.15, 0.2) is 5.82 Å². The Labute approximate surface area is 140 Å². The average molecular weight is 331 g/mol. The second kappa shape index (κ2) is 7.22. The van der Waals surface area contributed by atoms with Gasteiger partial charge < -0.3 is 14.8 Å². The molecule has 1 aromatic heterocycles. The van der Waals surface area contributed by atoms with Gasteiger partial charge in [-0.1, -0.05) is 0 Å². The van der Waals surface area contributed by atoms with Crippen LogP contribution in [0.5, 0.6) is 0 Å². The highest BCUT2D eigenvalue weighted by atomic mass is 16.6. The highest BCUT2D eigenvalue weighted by Crippen LogP contribution is 2.26. The van der Waals surface area contributed by atoms with Gasteiger partial charge in [-0.05, 0) is 33.2 Å². The van der Waals surface area contributed by atoms with Crippen molar-refractivity contribution in [2.75, 3.05) is 26.0 Å². The monoisotopic (exact) mass is 331 g/mol. The van der Waals surface area contributed by atoms with Gasteiger partial charge >= 0.3 is 0 Å². The highest BCUT2D eigenvalue weighted by Gasteiger charge is 2.20. The lowest BCUT2D eigenvalue weighted by Gasteiger charge is -2.20. The van der Waals surface area contributed by atoms with Crippen LogP contribution in [0.15, 0.2) is 30.6 Å². The topological polar surface area (TPSA) is 93.3 Å². The summed E-state index contributed by atoms with van der Waals surface area (Å²) in [5.41, 5.74) is 0.508. The fourth-order valence-corrected chi connectivity index (χ4v) is 2.13. The second-order valence-electron chi connectivity index (χ2n) is 5.87. The molecule has 2 aromatic rings. The molecule has 0 radical (unpaired) electrons. The van der Waals surface area contributed by atoms with Crippen LogP contribution in [-0.4, -0.2) is 51.8 Å². The van der Waals surface area contributed by atoms with Gasteiger partial charge in [-0.15, -0.1) is 0 Å². The summed E-state index contributed by atoms with van der Waals surface area (Å²) in [6.45, 7) is 2.57. The van der Waals surface area contributed by atoms with Crippen molar-refractivity contribution in [3.63, 3.8) is 0 Å². The molecule has 24 heavy (non-hydrogen) atoms. The number of nitrogens with zero attached hydrogens (tertiary/aromatic N) is 4. The third-order valence-corrected chi connectivity index (χ3v) is 3.95. The molecular formula is C16H21N5O3. The molecule has 0 bridgehead atoms. The van der Waals surface area contributed by atoms with Crippen molar-refractivity contribution in [3.05, 3.63) is 52.1 Å². The number of aromatic nitrogens is 2. The SMILES string of the molecule is CC(CNc1ccc(C(=O)c2nccn2C)cc1[N+](=O)[O-])N(C)C. The number of ketones is 1. The minimum absolute atomic E-state index is 0.124. The summed E-state index contributed by atoms with van der Waals surface area (Å²) < 4.78 is 1.58. The van der Waals surface area contributed by atoms with Crippen molar-refractivity contribution in [1.29, 1.82) is 0 Å². The number of anilines is 1. The first-order chi connectivity index (χ1) is 11.3. The third kappa shape index (κ3) is 3.77. The summed E-state index contributed by atoms with van der Waals surface area (Å²) in [6.07, 6.45) is 3.17. The van der Waals surface area contributed by atoms with Crippen molar-refractivity contribution in [1.82, 2.24) is 14.5 Å². The number of hydrogen-bond donors (Lipinski definition) is 1. The largest absolute Gasteiger partial charge is 0.378 e. The molecule has 128 valence electrons. The molecule has 0 fully saturated rings. The number of carbonyl (C=O) groups excluding carboxylic acids is 1. The first-order valence-corrected chi connectivity index (χ1v) is 7.52. The Kier molecular flexibility index (Phi) is 5.30. The molecule has 1 N–H and O–H groups in total. The molecule has 0 aliphatic heterocycles. The fourth-order valence-electron chi connectivity index (χ4n) is 2.13. The predicted molar refractivity (Wildman–Crippen MR) is 91.4 cm³/mol. The van der Waals surface area contributed by atoms with Gasteiger partial charge in [-0.2, -0.15) is 0 Å². The zero-order valence-electron chi connectivity index (χ0n) is 14.2. The maximum Gasteiger partial charge on any atom is 0.293 e. The van der Waals surface area contributed by atoms with Gasteiger partial charge in [0.1, 0.15) is 5.69 Å². The average Bonchev–Trinajstić information content (AvgIpc) is 2.97. The molecule has 0 spiro atoms. The van der Waals surface area contributed by atoms with Gasteiger partial charge in [0.05, 0.1) is 4.92 Å². The molecule has 0 saturated heterocycles. The van der Waals surface area contributed by atoms with Crippen LogP contribution in [0, 0.1) is 10.1 Å². The predicted octanol–water partition coefficient (Wildman–Crippen LogP) is 1.92.